The molecule has 1 saturated heterocycles. The van der Waals surface area contributed by atoms with E-state index in [0.717, 1.165) is 24.2 Å². The minimum atomic E-state index is -4.36. The third-order valence-corrected chi connectivity index (χ3v) is 5.57. The molecule has 0 spiro atoms. The Kier molecular flexibility index (Phi) is 8.15. The molecule has 0 atom stereocenters. The molecule has 0 radical (unpaired) electrons. The largest absolute Gasteiger partial charge is 0.494 e. The lowest BCUT2D eigenvalue weighted by atomic mass is 9.74. The Bertz CT molecular complexity index is 860. The molecule has 2 aromatic carbocycles. The van der Waals surface area contributed by atoms with E-state index in [4.69, 9.17) is 9.47 Å². The molecule has 2 aromatic rings. The van der Waals surface area contributed by atoms with Crippen molar-refractivity contribution >= 4 is 5.91 Å². The van der Waals surface area contributed by atoms with E-state index >= 15 is 0 Å². The zero-order valence-electron chi connectivity index (χ0n) is 18.0. The number of hydrogen-bond acceptors (Lipinski definition) is 4. The van der Waals surface area contributed by atoms with Crippen molar-refractivity contribution in [1.29, 1.82) is 0 Å². The van der Waals surface area contributed by atoms with Crippen LogP contribution in [0.4, 0.5) is 13.2 Å². The zero-order valence-corrected chi connectivity index (χ0v) is 18.0. The molecule has 5 nitrogen and oxygen atoms in total. The summed E-state index contributed by atoms with van der Waals surface area (Å²) in [6, 6.07) is 14.3. The smallest absolute Gasteiger partial charge is 0.411 e. The fourth-order valence-electron chi connectivity index (χ4n) is 3.79. The van der Waals surface area contributed by atoms with Crippen molar-refractivity contribution < 1.29 is 32.2 Å². The van der Waals surface area contributed by atoms with Gasteiger partial charge in [0.2, 0.25) is 0 Å². The Labute approximate surface area is 185 Å². The second kappa shape index (κ2) is 10.8. The van der Waals surface area contributed by atoms with E-state index < -0.39 is 12.8 Å². The van der Waals surface area contributed by atoms with Crippen molar-refractivity contribution in [1.82, 2.24) is 5.32 Å². The van der Waals surface area contributed by atoms with Crippen molar-refractivity contribution in [2.75, 3.05) is 33.0 Å². The summed E-state index contributed by atoms with van der Waals surface area (Å²) in [7, 11) is 0. The highest BCUT2D eigenvalue weighted by atomic mass is 19.4. The van der Waals surface area contributed by atoms with Crippen LogP contribution in [0.3, 0.4) is 0 Å². The highest BCUT2D eigenvalue weighted by Crippen LogP contribution is 2.35. The van der Waals surface area contributed by atoms with Crippen molar-refractivity contribution in [3.05, 3.63) is 65.2 Å². The SMILES string of the molecule is CCOc1ccc(C2(CNC(=O)c3ccc(COCC(F)(F)F)cc3)CCOCC2)cc1. The van der Waals surface area contributed by atoms with Gasteiger partial charge in [-0.05, 0) is 55.2 Å². The van der Waals surface area contributed by atoms with Gasteiger partial charge in [0, 0.05) is 30.7 Å². The molecule has 0 aliphatic carbocycles. The molecule has 32 heavy (non-hydrogen) atoms. The second-order valence-electron chi connectivity index (χ2n) is 7.84. The Morgan fingerprint density at radius 1 is 1.06 bits per heavy atom. The van der Waals surface area contributed by atoms with Crippen LogP contribution in [-0.4, -0.2) is 45.1 Å². The molecule has 0 unspecified atom stereocenters. The molecule has 1 aliphatic rings. The van der Waals surface area contributed by atoms with E-state index in [1.54, 1.807) is 24.3 Å². The van der Waals surface area contributed by atoms with Crippen molar-refractivity contribution in [2.24, 2.45) is 0 Å². The van der Waals surface area contributed by atoms with Gasteiger partial charge in [-0.15, -0.1) is 0 Å². The number of rotatable bonds is 9. The second-order valence-corrected chi connectivity index (χ2v) is 7.84. The maximum atomic E-state index is 12.7. The summed E-state index contributed by atoms with van der Waals surface area (Å²) in [6.07, 6.45) is -2.78. The number of hydrogen-bond donors (Lipinski definition) is 1. The molecule has 1 N–H and O–H groups in total. The molecule has 8 heteroatoms. The summed E-state index contributed by atoms with van der Waals surface area (Å²) in [6.45, 7) is 2.77. The molecule has 1 heterocycles. The zero-order chi connectivity index (χ0) is 23.0. The molecule has 1 aliphatic heterocycles. The van der Waals surface area contributed by atoms with E-state index in [9.17, 15) is 18.0 Å². The van der Waals surface area contributed by atoms with Gasteiger partial charge in [0.15, 0.2) is 0 Å². The standard InChI is InChI=1S/C24H28F3NO4/c1-2-32-21-9-7-20(8-10-21)23(11-13-30-14-12-23)16-28-22(29)19-5-3-18(4-6-19)15-31-17-24(25,26)27/h3-10H,2,11-17H2,1H3,(H,28,29). The predicted octanol–water partition coefficient (Wildman–Crippen LogP) is 4.64. The van der Waals surface area contributed by atoms with Gasteiger partial charge in [0.1, 0.15) is 12.4 Å². The molecule has 174 valence electrons. The number of benzene rings is 2. The van der Waals surface area contributed by atoms with Gasteiger partial charge in [-0.2, -0.15) is 13.2 Å². The Morgan fingerprint density at radius 2 is 1.72 bits per heavy atom. The van der Waals surface area contributed by atoms with E-state index in [1.807, 2.05) is 31.2 Å². The lowest BCUT2D eigenvalue weighted by Gasteiger charge is -2.38. The normalized spacial score (nSPS) is 15.9. The molecule has 0 aromatic heterocycles. The highest BCUT2D eigenvalue weighted by molar-refractivity contribution is 5.94. The van der Waals surface area contributed by atoms with Gasteiger partial charge in [-0.25, -0.2) is 0 Å². The first kappa shape index (κ1) is 24.1. The lowest BCUT2D eigenvalue weighted by Crippen LogP contribution is -2.44. The van der Waals surface area contributed by atoms with Crippen molar-refractivity contribution in [3.8, 4) is 5.75 Å². The Hall–Kier alpha value is -2.58. The topological polar surface area (TPSA) is 56.8 Å². The predicted molar refractivity (Wildman–Crippen MR) is 114 cm³/mol. The number of carbonyl (C=O) groups is 1. The van der Waals surface area contributed by atoms with Crippen LogP contribution in [0, 0.1) is 0 Å². The van der Waals surface area contributed by atoms with Crippen LogP contribution in [0.1, 0.15) is 41.3 Å². The van der Waals surface area contributed by atoms with Gasteiger partial charge < -0.3 is 19.5 Å². The summed E-state index contributed by atoms with van der Waals surface area (Å²) in [5.74, 6) is 0.575. The molecule has 1 amide bonds. The maximum absolute atomic E-state index is 12.7. The van der Waals surface area contributed by atoms with E-state index in [-0.39, 0.29) is 17.9 Å². The van der Waals surface area contributed by atoms with E-state index in [1.165, 1.54) is 0 Å². The monoisotopic (exact) mass is 451 g/mol. The first-order valence-electron chi connectivity index (χ1n) is 10.6. The van der Waals surface area contributed by atoms with Crippen LogP contribution < -0.4 is 10.1 Å². The number of amides is 1. The lowest BCUT2D eigenvalue weighted by molar-refractivity contribution is -0.176. The molecule has 1 fully saturated rings. The number of halogens is 3. The minimum Gasteiger partial charge on any atom is -0.494 e. The summed E-state index contributed by atoms with van der Waals surface area (Å²) >= 11 is 0. The quantitative estimate of drug-likeness (QED) is 0.604. The van der Waals surface area contributed by atoms with E-state index in [2.05, 4.69) is 10.1 Å². The average molecular weight is 451 g/mol. The summed E-state index contributed by atoms with van der Waals surface area (Å²) in [5, 5.41) is 3.02. The number of nitrogens with one attached hydrogen (secondary N) is 1. The fourth-order valence-corrected chi connectivity index (χ4v) is 3.79. The molecular formula is C24H28F3NO4. The van der Waals surface area contributed by atoms with Gasteiger partial charge in [-0.1, -0.05) is 24.3 Å². The third-order valence-electron chi connectivity index (χ3n) is 5.57. The molecule has 3 rings (SSSR count). The van der Waals surface area contributed by atoms with Crippen molar-refractivity contribution in [3.63, 3.8) is 0 Å². The summed E-state index contributed by atoms with van der Waals surface area (Å²) in [4.78, 5) is 12.7. The number of ether oxygens (including phenoxy) is 3. The van der Waals surface area contributed by atoms with Crippen LogP contribution >= 0.6 is 0 Å². The first-order valence-corrected chi connectivity index (χ1v) is 10.6. The summed E-state index contributed by atoms with van der Waals surface area (Å²) in [5.41, 5.74) is 1.91. The van der Waals surface area contributed by atoms with E-state index in [0.29, 0.717) is 37.5 Å². The minimum absolute atomic E-state index is 0.164. The van der Waals surface area contributed by atoms with Gasteiger partial charge in [0.05, 0.1) is 13.2 Å². The van der Waals surface area contributed by atoms with Gasteiger partial charge in [-0.3, -0.25) is 4.79 Å². The van der Waals surface area contributed by atoms with Crippen LogP contribution in [0.25, 0.3) is 0 Å². The van der Waals surface area contributed by atoms with Crippen molar-refractivity contribution in [2.45, 2.75) is 38.0 Å². The third kappa shape index (κ3) is 6.71. The van der Waals surface area contributed by atoms with Gasteiger partial charge >= 0.3 is 6.18 Å². The van der Waals surface area contributed by atoms with Gasteiger partial charge in [0.25, 0.3) is 5.91 Å². The molecular weight excluding hydrogens is 423 g/mol. The Morgan fingerprint density at radius 3 is 2.31 bits per heavy atom. The molecule has 0 saturated carbocycles. The maximum Gasteiger partial charge on any atom is 0.411 e. The van der Waals surface area contributed by atoms with Crippen LogP contribution in [0.5, 0.6) is 5.75 Å². The van der Waals surface area contributed by atoms with Crippen LogP contribution in [0.15, 0.2) is 48.5 Å². The highest BCUT2D eigenvalue weighted by Gasteiger charge is 2.35. The summed E-state index contributed by atoms with van der Waals surface area (Å²) < 4.78 is 52.3. The van der Waals surface area contributed by atoms with Crippen LogP contribution in [-0.2, 0) is 21.5 Å². The first-order chi connectivity index (χ1) is 15.3. The Balaban J connectivity index is 1.61. The average Bonchev–Trinajstić information content (AvgIpc) is 2.78. The van der Waals surface area contributed by atoms with Crippen LogP contribution in [0.2, 0.25) is 0 Å². The fraction of sp³-hybridized carbons (Fsp3) is 0.458. The number of carbonyl (C=O) groups excluding carboxylic acids is 1. The number of alkyl halides is 3. The molecule has 0 bridgehead atoms.